The van der Waals surface area contributed by atoms with E-state index in [1.54, 1.807) is 14.0 Å². The Labute approximate surface area is 164 Å². The molecule has 0 aliphatic carbocycles. The third-order valence-corrected chi connectivity index (χ3v) is 4.57. The highest BCUT2D eigenvalue weighted by atomic mass is 79.9. The van der Waals surface area contributed by atoms with Gasteiger partial charge in [0.05, 0.1) is 13.2 Å². The molecule has 0 unspecified atom stereocenters. The molecule has 0 saturated carbocycles. The molecule has 2 rings (SSSR count). The average molecular weight is 420 g/mol. The molecule has 26 heavy (non-hydrogen) atoms. The number of hydrogen-bond donors (Lipinski definition) is 1. The lowest BCUT2D eigenvalue weighted by molar-refractivity contribution is -0.128. The molecule has 0 bridgehead atoms. The van der Waals surface area contributed by atoms with Gasteiger partial charge in [0.25, 0.3) is 5.91 Å². The molecule has 0 aromatic heterocycles. The van der Waals surface area contributed by atoms with E-state index in [1.165, 1.54) is 0 Å². The molecule has 2 atom stereocenters. The standard InChI is InChI=1S/C21H26BrNO3/c1-14(2)13-20(16-5-9-18(25-4)10-6-16)23-21(24)15(3)26-19-11-7-17(22)8-12-19/h5-12,14-15,20H,13H2,1-4H3,(H,23,24)/t15-,20+/m1/s1. The molecule has 140 valence electrons. The first-order chi connectivity index (χ1) is 12.4. The Hall–Kier alpha value is -2.01. The SMILES string of the molecule is COc1ccc([C@H](CC(C)C)NC(=O)[C@@H](C)Oc2ccc(Br)cc2)cc1. The van der Waals surface area contributed by atoms with Crippen molar-refractivity contribution in [1.29, 1.82) is 0 Å². The van der Waals surface area contributed by atoms with Gasteiger partial charge in [-0.1, -0.05) is 41.9 Å². The smallest absolute Gasteiger partial charge is 0.261 e. The fourth-order valence-corrected chi connectivity index (χ4v) is 2.91. The summed E-state index contributed by atoms with van der Waals surface area (Å²) in [6.07, 6.45) is 0.271. The predicted octanol–water partition coefficient (Wildman–Crippen LogP) is 5.13. The fraction of sp³-hybridized carbons (Fsp3) is 0.381. The van der Waals surface area contributed by atoms with E-state index in [0.717, 1.165) is 22.2 Å². The van der Waals surface area contributed by atoms with Crippen molar-refractivity contribution in [2.75, 3.05) is 7.11 Å². The summed E-state index contributed by atoms with van der Waals surface area (Å²) in [5.41, 5.74) is 1.06. The summed E-state index contributed by atoms with van der Waals surface area (Å²) in [5, 5.41) is 3.12. The number of nitrogens with one attached hydrogen (secondary N) is 1. The van der Waals surface area contributed by atoms with Gasteiger partial charge in [0.2, 0.25) is 0 Å². The van der Waals surface area contributed by atoms with Crippen LogP contribution in [0, 0.1) is 5.92 Å². The van der Waals surface area contributed by atoms with Crippen LogP contribution in [0.2, 0.25) is 0 Å². The second-order valence-electron chi connectivity index (χ2n) is 6.68. The summed E-state index contributed by atoms with van der Waals surface area (Å²) in [6.45, 7) is 6.05. The summed E-state index contributed by atoms with van der Waals surface area (Å²) in [4.78, 5) is 12.6. The second kappa shape index (κ2) is 9.62. The largest absolute Gasteiger partial charge is 0.497 e. The molecule has 0 heterocycles. The molecule has 0 spiro atoms. The Morgan fingerprint density at radius 2 is 1.58 bits per heavy atom. The van der Waals surface area contributed by atoms with Gasteiger partial charge < -0.3 is 14.8 Å². The highest BCUT2D eigenvalue weighted by Gasteiger charge is 2.21. The van der Waals surface area contributed by atoms with Gasteiger partial charge >= 0.3 is 0 Å². The molecule has 0 saturated heterocycles. The predicted molar refractivity (Wildman–Crippen MR) is 108 cm³/mol. The van der Waals surface area contributed by atoms with Gasteiger partial charge in [-0.2, -0.15) is 0 Å². The number of hydrogen-bond acceptors (Lipinski definition) is 3. The molecule has 2 aromatic carbocycles. The van der Waals surface area contributed by atoms with Gasteiger partial charge in [-0.15, -0.1) is 0 Å². The van der Waals surface area contributed by atoms with Crippen molar-refractivity contribution >= 4 is 21.8 Å². The van der Waals surface area contributed by atoms with Crippen LogP contribution >= 0.6 is 15.9 Å². The van der Waals surface area contributed by atoms with Crippen molar-refractivity contribution in [3.63, 3.8) is 0 Å². The summed E-state index contributed by atoms with van der Waals surface area (Å²) in [5.74, 6) is 1.79. The third kappa shape index (κ3) is 6.06. The van der Waals surface area contributed by atoms with Crippen LogP contribution in [0.25, 0.3) is 0 Å². The minimum Gasteiger partial charge on any atom is -0.497 e. The lowest BCUT2D eigenvalue weighted by atomic mass is 9.96. The molecular weight excluding hydrogens is 394 g/mol. The van der Waals surface area contributed by atoms with E-state index in [0.29, 0.717) is 11.7 Å². The van der Waals surface area contributed by atoms with Crippen molar-refractivity contribution in [3.05, 3.63) is 58.6 Å². The number of carbonyl (C=O) groups excluding carboxylic acids is 1. The van der Waals surface area contributed by atoms with Gasteiger partial charge in [0.1, 0.15) is 11.5 Å². The summed E-state index contributed by atoms with van der Waals surface area (Å²) >= 11 is 3.39. The quantitative estimate of drug-likeness (QED) is 0.644. The van der Waals surface area contributed by atoms with Crippen LogP contribution in [0.3, 0.4) is 0 Å². The number of methoxy groups -OCH3 is 1. The Morgan fingerprint density at radius 1 is 1.00 bits per heavy atom. The first-order valence-corrected chi connectivity index (χ1v) is 9.55. The van der Waals surface area contributed by atoms with Crippen LogP contribution in [-0.2, 0) is 4.79 Å². The minimum atomic E-state index is -0.580. The lowest BCUT2D eigenvalue weighted by Crippen LogP contribution is -2.39. The first kappa shape index (κ1) is 20.3. The Kier molecular flexibility index (Phi) is 7.51. The van der Waals surface area contributed by atoms with Gasteiger partial charge in [-0.3, -0.25) is 4.79 Å². The molecule has 0 radical (unpaired) electrons. The van der Waals surface area contributed by atoms with E-state index in [1.807, 2.05) is 48.5 Å². The molecule has 1 N–H and O–H groups in total. The number of amides is 1. The van der Waals surface area contributed by atoms with Crippen LogP contribution in [-0.4, -0.2) is 19.1 Å². The Morgan fingerprint density at radius 3 is 2.12 bits per heavy atom. The molecule has 0 aliphatic rings. The number of ether oxygens (including phenoxy) is 2. The zero-order valence-corrected chi connectivity index (χ0v) is 17.2. The maximum Gasteiger partial charge on any atom is 0.261 e. The summed E-state index contributed by atoms with van der Waals surface area (Å²) < 4.78 is 11.9. The zero-order chi connectivity index (χ0) is 19.1. The highest BCUT2D eigenvalue weighted by molar-refractivity contribution is 9.10. The van der Waals surface area contributed by atoms with E-state index >= 15 is 0 Å². The average Bonchev–Trinajstić information content (AvgIpc) is 2.62. The summed E-state index contributed by atoms with van der Waals surface area (Å²) in [6, 6.07) is 15.2. The second-order valence-corrected chi connectivity index (χ2v) is 7.59. The van der Waals surface area contributed by atoms with Crippen molar-refractivity contribution in [1.82, 2.24) is 5.32 Å². The molecule has 2 aromatic rings. The van der Waals surface area contributed by atoms with E-state index in [-0.39, 0.29) is 11.9 Å². The number of carbonyl (C=O) groups is 1. The van der Waals surface area contributed by atoms with Gasteiger partial charge in [-0.05, 0) is 61.2 Å². The van der Waals surface area contributed by atoms with Crippen LogP contribution < -0.4 is 14.8 Å². The lowest BCUT2D eigenvalue weighted by Gasteiger charge is -2.23. The number of benzene rings is 2. The van der Waals surface area contributed by atoms with E-state index < -0.39 is 6.10 Å². The van der Waals surface area contributed by atoms with Crippen LogP contribution in [0.1, 0.15) is 38.8 Å². The molecule has 1 amide bonds. The third-order valence-electron chi connectivity index (χ3n) is 4.04. The monoisotopic (exact) mass is 419 g/mol. The highest BCUT2D eigenvalue weighted by Crippen LogP contribution is 2.24. The Balaban J connectivity index is 2.05. The summed E-state index contributed by atoms with van der Waals surface area (Å²) in [7, 11) is 1.64. The van der Waals surface area contributed by atoms with Crippen molar-refractivity contribution in [2.24, 2.45) is 5.92 Å². The topological polar surface area (TPSA) is 47.6 Å². The normalized spacial score (nSPS) is 13.2. The zero-order valence-electron chi connectivity index (χ0n) is 15.7. The molecule has 5 heteroatoms. The minimum absolute atomic E-state index is 0.0654. The van der Waals surface area contributed by atoms with E-state index in [4.69, 9.17) is 9.47 Å². The first-order valence-electron chi connectivity index (χ1n) is 8.75. The van der Waals surface area contributed by atoms with Crippen molar-refractivity contribution < 1.29 is 14.3 Å². The van der Waals surface area contributed by atoms with Crippen molar-refractivity contribution in [2.45, 2.75) is 39.3 Å². The van der Waals surface area contributed by atoms with Crippen LogP contribution in [0.5, 0.6) is 11.5 Å². The van der Waals surface area contributed by atoms with E-state index in [9.17, 15) is 4.79 Å². The maximum absolute atomic E-state index is 12.6. The van der Waals surface area contributed by atoms with Gasteiger partial charge in [-0.25, -0.2) is 0 Å². The maximum atomic E-state index is 12.6. The van der Waals surface area contributed by atoms with E-state index in [2.05, 4.69) is 35.1 Å². The number of rotatable bonds is 8. The van der Waals surface area contributed by atoms with Crippen LogP contribution in [0.15, 0.2) is 53.0 Å². The number of halogens is 1. The molecular formula is C21H26BrNO3. The fourth-order valence-electron chi connectivity index (χ4n) is 2.65. The van der Waals surface area contributed by atoms with Gasteiger partial charge in [0.15, 0.2) is 6.10 Å². The Bertz CT molecular complexity index is 698. The van der Waals surface area contributed by atoms with Crippen molar-refractivity contribution in [3.8, 4) is 11.5 Å². The molecule has 0 fully saturated rings. The molecule has 0 aliphatic heterocycles. The van der Waals surface area contributed by atoms with Crippen LogP contribution in [0.4, 0.5) is 0 Å². The molecule has 4 nitrogen and oxygen atoms in total. The van der Waals surface area contributed by atoms with Gasteiger partial charge in [0, 0.05) is 4.47 Å².